The molecule has 0 fully saturated rings. The van der Waals surface area contributed by atoms with Crippen molar-refractivity contribution in [3.05, 3.63) is 72.3 Å². The number of nitrogens with zero attached hydrogens (tertiary/aromatic N) is 3. The van der Waals surface area contributed by atoms with Crippen LogP contribution in [0.25, 0.3) is 5.69 Å². The Kier molecular flexibility index (Phi) is 4.79. The Morgan fingerprint density at radius 3 is 2.71 bits per heavy atom. The summed E-state index contributed by atoms with van der Waals surface area (Å²) in [4.78, 5) is 12.2. The molecule has 2 aromatic heterocycles. The Labute approximate surface area is 141 Å². The SMILES string of the molecule is C[C@H](NC(=O)CCc1cccn1C)c1cnn(-c2ccccc2)c1. The number of aryl methyl sites for hydroxylation is 2. The number of amides is 1. The molecule has 0 spiro atoms. The fourth-order valence-electron chi connectivity index (χ4n) is 2.68. The summed E-state index contributed by atoms with van der Waals surface area (Å²) in [7, 11) is 1.99. The van der Waals surface area contributed by atoms with Gasteiger partial charge in [-0.15, -0.1) is 0 Å². The van der Waals surface area contributed by atoms with Crippen molar-refractivity contribution in [1.29, 1.82) is 0 Å². The van der Waals surface area contributed by atoms with Gasteiger partial charge in [-0.1, -0.05) is 18.2 Å². The van der Waals surface area contributed by atoms with Crippen molar-refractivity contribution in [2.24, 2.45) is 7.05 Å². The summed E-state index contributed by atoms with van der Waals surface area (Å²) >= 11 is 0. The van der Waals surface area contributed by atoms with Gasteiger partial charge in [0, 0.05) is 37.1 Å². The number of carbonyl (C=O) groups excluding carboxylic acids is 1. The van der Waals surface area contributed by atoms with Crippen molar-refractivity contribution in [1.82, 2.24) is 19.7 Å². The van der Waals surface area contributed by atoms with Gasteiger partial charge in [0.25, 0.3) is 0 Å². The van der Waals surface area contributed by atoms with Gasteiger partial charge in [-0.3, -0.25) is 4.79 Å². The number of carbonyl (C=O) groups is 1. The highest BCUT2D eigenvalue weighted by Gasteiger charge is 2.12. The van der Waals surface area contributed by atoms with E-state index in [-0.39, 0.29) is 11.9 Å². The summed E-state index contributed by atoms with van der Waals surface area (Å²) in [5, 5.41) is 7.42. The molecule has 24 heavy (non-hydrogen) atoms. The molecule has 2 heterocycles. The maximum atomic E-state index is 12.2. The van der Waals surface area contributed by atoms with Crippen molar-refractivity contribution >= 4 is 5.91 Å². The first-order valence-electron chi connectivity index (χ1n) is 8.13. The molecule has 0 bridgehead atoms. The molecule has 3 rings (SSSR count). The largest absolute Gasteiger partial charge is 0.354 e. The molecule has 0 aliphatic rings. The minimum absolute atomic E-state index is 0.0520. The van der Waals surface area contributed by atoms with Gasteiger partial charge in [0.15, 0.2) is 0 Å². The van der Waals surface area contributed by atoms with Gasteiger partial charge in [0.1, 0.15) is 0 Å². The summed E-state index contributed by atoms with van der Waals surface area (Å²) in [6.07, 6.45) is 6.97. The van der Waals surface area contributed by atoms with Crippen LogP contribution in [-0.4, -0.2) is 20.3 Å². The molecule has 5 heteroatoms. The molecule has 0 aliphatic carbocycles. The van der Waals surface area contributed by atoms with E-state index in [1.54, 1.807) is 6.20 Å². The van der Waals surface area contributed by atoms with Gasteiger partial charge in [-0.25, -0.2) is 4.68 Å². The lowest BCUT2D eigenvalue weighted by Crippen LogP contribution is -2.26. The summed E-state index contributed by atoms with van der Waals surface area (Å²) in [5.74, 6) is 0.0520. The third-order valence-corrected chi connectivity index (χ3v) is 4.16. The van der Waals surface area contributed by atoms with Crippen LogP contribution in [0.2, 0.25) is 0 Å². The zero-order valence-corrected chi connectivity index (χ0v) is 14.0. The Morgan fingerprint density at radius 1 is 1.21 bits per heavy atom. The van der Waals surface area contributed by atoms with E-state index < -0.39 is 0 Å². The highest BCUT2D eigenvalue weighted by Crippen LogP contribution is 2.14. The molecule has 0 saturated heterocycles. The first-order valence-corrected chi connectivity index (χ1v) is 8.13. The zero-order chi connectivity index (χ0) is 16.9. The number of hydrogen-bond donors (Lipinski definition) is 1. The zero-order valence-electron chi connectivity index (χ0n) is 14.0. The molecule has 0 saturated carbocycles. The normalized spacial score (nSPS) is 12.1. The number of rotatable bonds is 6. The maximum Gasteiger partial charge on any atom is 0.220 e. The molecule has 5 nitrogen and oxygen atoms in total. The molecule has 0 radical (unpaired) electrons. The van der Waals surface area contributed by atoms with Gasteiger partial charge >= 0.3 is 0 Å². The van der Waals surface area contributed by atoms with Crippen LogP contribution in [0.15, 0.2) is 61.1 Å². The van der Waals surface area contributed by atoms with E-state index in [2.05, 4.69) is 10.4 Å². The average molecular weight is 322 g/mol. The van der Waals surface area contributed by atoms with E-state index >= 15 is 0 Å². The Bertz CT molecular complexity index is 804. The minimum Gasteiger partial charge on any atom is -0.354 e. The van der Waals surface area contributed by atoms with Crippen LogP contribution in [0.1, 0.15) is 30.6 Å². The smallest absolute Gasteiger partial charge is 0.220 e. The van der Waals surface area contributed by atoms with E-state index in [0.717, 1.165) is 23.4 Å². The number of aromatic nitrogens is 3. The second-order valence-electron chi connectivity index (χ2n) is 5.95. The van der Waals surface area contributed by atoms with E-state index in [1.807, 2.05) is 78.1 Å². The lowest BCUT2D eigenvalue weighted by molar-refractivity contribution is -0.121. The number of hydrogen-bond acceptors (Lipinski definition) is 2. The number of para-hydroxylation sites is 1. The van der Waals surface area contributed by atoms with E-state index in [9.17, 15) is 4.79 Å². The fourth-order valence-corrected chi connectivity index (χ4v) is 2.68. The van der Waals surface area contributed by atoms with Crippen LogP contribution in [-0.2, 0) is 18.3 Å². The van der Waals surface area contributed by atoms with Crippen LogP contribution in [0.5, 0.6) is 0 Å². The van der Waals surface area contributed by atoms with E-state index in [0.29, 0.717) is 6.42 Å². The monoisotopic (exact) mass is 322 g/mol. The second-order valence-corrected chi connectivity index (χ2v) is 5.95. The molecule has 1 N–H and O–H groups in total. The van der Waals surface area contributed by atoms with Crippen molar-refractivity contribution in [3.63, 3.8) is 0 Å². The van der Waals surface area contributed by atoms with Crippen molar-refractivity contribution < 1.29 is 4.79 Å². The summed E-state index contributed by atoms with van der Waals surface area (Å²) in [5.41, 5.74) is 3.16. The fraction of sp³-hybridized carbons (Fsp3) is 0.263. The Hall–Kier alpha value is -2.82. The summed E-state index contributed by atoms with van der Waals surface area (Å²) < 4.78 is 3.86. The van der Waals surface area contributed by atoms with Crippen LogP contribution in [0, 0.1) is 0 Å². The Morgan fingerprint density at radius 2 is 2.00 bits per heavy atom. The van der Waals surface area contributed by atoms with Gasteiger partial charge in [-0.2, -0.15) is 5.10 Å². The highest BCUT2D eigenvalue weighted by atomic mass is 16.1. The van der Waals surface area contributed by atoms with Gasteiger partial charge in [-0.05, 0) is 37.6 Å². The maximum absolute atomic E-state index is 12.2. The van der Waals surface area contributed by atoms with Crippen LogP contribution in [0.4, 0.5) is 0 Å². The van der Waals surface area contributed by atoms with Gasteiger partial charge < -0.3 is 9.88 Å². The molecule has 0 aliphatic heterocycles. The molecular weight excluding hydrogens is 300 g/mol. The molecule has 0 unspecified atom stereocenters. The van der Waals surface area contributed by atoms with Crippen LogP contribution in [0.3, 0.4) is 0 Å². The summed E-state index contributed by atoms with van der Waals surface area (Å²) in [6.45, 7) is 1.98. The lowest BCUT2D eigenvalue weighted by atomic mass is 10.1. The minimum atomic E-state index is -0.0663. The lowest BCUT2D eigenvalue weighted by Gasteiger charge is -2.12. The first kappa shape index (κ1) is 16.1. The Balaban J connectivity index is 1.57. The molecule has 1 aromatic carbocycles. The molecule has 1 atom stereocenters. The molecule has 3 aromatic rings. The second kappa shape index (κ2) is 7.17. The third kappa shape index (κ3) is 3.74. The predicted octanol–water partition coefficient (Wildman–Crippen LogP) is 3.02. The van der Waals surface area contributed by atoms with Crippen molar-refractivity contribution in [3.8, 4) is 5.69 Å². The number of nitrogens with one attached hydrogen (secondary N) is 1. The number of benzene rings is 1. The van der Waals surface area contributed by atoms with Gasteiger partial charge in [0.2, 0.25) is 5.91 Å². The third-order valence-electron chi connectivity index (χ3n) is 4.16. The quantitative estimate of drug-likeness (QED) is 0.758. The van der Waals surface area contributed by atoms with Crippen molar-refractivity contribution in [2.45, 2.75) is 25.8 Å². The topological polar surface area (TPSA) is 51.9 Å². The molecular formula is C19H22N4O. The molecule has 1 amide bonds. The summed E-state index contributed by atoms with van der Waals surface area (Å²) in [6, 6.07) is 13.9. The standard InChI is InChI=1S/C19H22N4O/c1-15(21-19(24)11-10-17-9-6-12-22(17)2)16-13-20-23(14-16)18-7-4-3-5-8-18/h3-9,12-15H,10-11H2,1-2H3,(H,21,24)/t15-/m0/s1. The average Bonchev–Trinajstić information content (AvgIpc) is 3.23. The molecule has 124 valence electrons. The van der Waals surface area contributed by atoms with E-state index in [4.69, 9.17) is 0 Å². The van der Waals surface area contributed by atoms with E-state index in [1.165, 1.54) is 0 Å². The van der Waals surface area contributed by atoms with Gasteiger partial charge in [0.05, 0.1) is 17.9 Å². The van der Waals surface area contributed by atoms with Crippen molar-refractivity contribution in [2.75, 3.05) is 0 Å². The first-order chi connectivity index (χ1) is 11.6. The van der Waals surface area contributed by atoms with Crippen LogP contribution >= 0.6 is 0 Å². The predicted molar refractivity (Wildman–Crippen MR) is 93.9 cm³/mol. The van der Waals surface area contributed by atoms with Crippen LogP contribution < -0.4 is 5.32 Å². The highest BCUT2D eigenvalue weighted by molar-refractivity contribution is 5.76.